The molecule has 0 saturated carbocycles. The number of fused-ring (bicyclic) bond motifs is 2. The molecule has 2 aromatic heterocycles. The topological polar surface area (TPSA) is 110 Å². The fourth-order valence-corrected chi connectivity index (χ4v) is 5.89. The number of esters is 1. The van der Waals surface area contributed by atoms with Crippen molar-refractivity contribution >= 4 is 46.2 Å². The van der Waals surface area contributed by atoms with Gasteiger partial charge in [-0.05, 0) is 63.4 Å². The van der Waals surface area contributed by atoms with Crippen molar-refractivity contribution in [1.29, 1.82) is 0 Å². The lowest BCUT2D eigenvalue weighted by Gasteiger charge is -2.19. The molecular formula is C32H36Cl2FN5O5. The van der Waals surface area contributed by atoms with E-state index in [0.717, 1.165) is 11.1 Å². The summed E-state index contributed by atoms with van der Waals surface area (Å²) in [6.45, 7) is 10.0. The Kier molecular flexibility index (Phi) is 9.60. The molecule has 0 bridgehead atoms. The number of ether oxygens (including phenoxy) is 3. The van der Waals surface area contributed by atoms with Gasteiger partial charge < -0.3 is 24.1 Å². The van der Waals surface area contributed by atoms with Crippen LogP contribution in [0.2, 0.25) is 10.0 Å². The lowest BCUT2D eigenvalue weighted by atomic mass is 10.00. The molecule has 10 nitrogen and oxygen atoms in total. The zero-order valence-corrected chi connectivity index (χ0v) is 27.3. The van der Waals surface area contributed by atoms with Crippen LogP contribution in [0.5, 0.6) is 5.75 Å². The summed E-state index contributed by atoms with van der Waals surface area (Å²) >= 11 is 13.7. The largest absolute Gasteiger partial charge is 0.491 e. The second kappa shape index (κ2) is 13.3. The quantitative estimate of drug-likeness (QED) is 0.149. The molecule has 1 unspecified atom stereocenters. The van der Waals surface area contributed by atoms with Crippen molar-refractivity contribution in [2.45, 2.75) is 71.8 Å². The summed E-state index contributed by atoms with van der Waals surface area (Å²) in [4.78, 5) is 29.6. The Bertz CT molecular complexity index is 1730. The number of rotatable bonds is 10. The molecule has 45 heavy (non-hydrogen) atoms. The molecule has 0 radical (unpaired) electrons. The van der Waals surface area contributed by atoms with Gasteiger partial charge in [0.15, 0.2) is 6.04 Å². The van der Waals surface area contributed by atoms with Gasteiger partial charge in [0.25, 0.3) is 0 Å². The normalized spacial score (nSPS) is 15.2. The number of nitrogens with zero attached hydrogens (tertiary/aromatic N) is 4. The van der Waals surface area contributed by atoms with E-state index < -0.39 is 29.9 Å². The number of hydrogen-bond acceptors (Lipinski definition) is 7. The number of benzene rings is 2. The first-order chi connectivity index (χ1) is 21.4. The van der Waals surface area contributed by atoms with E-state index in [9.17, 15) is 14.0 Å². The Morgan fingerprint density at radius 3 is 2.69 bits per heavy atom. The van der Waals surface area contributed by atoms with Crippen LogP contribution in [-0.4, -0.2) is 62.9 Å². The Labute approximate surface area is 270 Å². The van der Waals surface area contributed by atoms with Crippen molar-refractivity contribution in [3.05, 3.63) is 63.8 Å². The van der Waals surface area contributed by atoms with Gasteiger partial charge in [-0.1, -0.05) is 36.2 Å². The fourth-order valence-electron chi connectivity index (χ4n) is 5.34. The highest BCUT2D eigenvalue weighted by Crippen LogP contribution is 2.40. The molecule has 240 valence electrons. The molecule has 2 aromatic carbocycles. The zero-order chi connectivity index (χ0) is 32.5. The fraction of sp³-hybridized carbons (Fsp3) is 0.438. The maximum atomic E-state index is 14.2. The number of carbonyl (C=O) groups excluding carboxylic acids is 2. The van der Waals surface area contributed by atoms with Crippen LogP contribution < -0.4 is 10.1 Å². The monoisotopic (exact) mass is 659 g/mol. The van der Waals surface area contributed by atoms with E-state index in [-0.39, 0.29) is 32.7 Å². The van der Waals surface area contributed by atoms with Gasteiger partial charge in [-0.15, -0.1) is 0 Å². The third-order valence-electron chi connectivity index (χ3n) is 7.31. The standard InChI is InChI=1S/C32H36Cl2FN5O5/c1-6-18-12-19(8-9-25(18)44-11-10-36-31(42)45-32(3,4)5)21-14-23(33)22-16-40(38-27(22)26(21)34)29(30(41)43-7-2)28-24-13-20(35)15-39(24)17-37-28/h8-9,12,14,16-17,20,29H,6-7,10-11,13,15H2,1-5H3,(H,36,42)/t20-,29?/m1/s1. The van der Waals surface area contributed by atoms with Crippen molar-refractivity contribution in [3.8, 4) is 16.9 Å². The van der Waals surface area contributed by atoms with Gasteiger partial charge in [-0.3, -0.25) is 4.68 Å². The molecule has 2 atom stereocenters. The van der Waals surface area contributed by atoms with Gasteiger partial charge in [0, 0.05) is 29.3 Å². The van der Waals surface area contributed by atoms with Gasteiger partial charge >= 0.3 is 12.1 Å². The van der Waals surface area contributed by atoms with Crippen LogP contribution in [0.15, 0.2) is 36.8 Å². The lowest BCUT2D eigenvalue weighted by molar-refractivity contribution is -0.146. The molecule has 5 rings (SSSR count). The van der Waals surface area contributed by atoms with Crippen LogP contribution in [0.4, 0.5) is 9.18 Å². The second-order valence-electron chi connectivity index (χ2n) is 11.7. The molecular weight excluding hydrogens is 624 g/mol. The summed E-state index contributed by atoms with van der Waals surface area (Å²) in [6, 6.07) is 6.42. The molecule has 4 aromatic rings. The number of nitrogens with one attached hydrogen (secondary N) is 1. The Morgan fingerprint density at radius 2 is 1.98 bits per heavy atom. The first-order valence-electron chi connectivity index (χ1n) is 14.8. The number of alkyl halides is 1. The molecule has 13 heteroatoms. The number of amides is 1. The van der Waals surface area contributed by atoms with Crippen LogP contribution in [0.3, 0.4) is 0 Å². The molecule has 0 spiro atoms. The number of hydrogen-bond donors (Lipinski definition) is 1. The van der Waals surface area contributed by atoms with Crippen LogP contribution in [-0.2, 0) is 33.7 Å². The predicted octanol–water partition coefficient (Wildman–Crippen LogP) is 6.72. The molecule has 0 fully saturated rings. The van der Waals surface area contributed by atoms with Gasteiger partial charge in [-0.2, -0.15) is 5.10 Å². The Hall–Kier alpha value is -3.83. The summed E-state index contributed by atoms with van der Waals surface area (Å²) in [5, 5.41) is 8.67. The summed E-state index contributed by atoms with van der Waals surface area (Å²) in [5.41, 5.74) is 3.24. The van der Waals surface area contributed by atoms with E-state index in [2.05, 4.69) is 10.3 Å². The first-order valence-corrected chi connectivity index (χ1v) is 15.6. The Balaban J connectivity index is 1.42. The number of aryl methyl sites for hydroxylation is 1. The summed E-state index contributed by atoms with van der Waals surface area (Å²) < 4.78 is 33.9. The van der Waals surface area contributed by atoms with Gasteiger partial charge in [0.05, 0.1) is 41.8 Å². The van der Waals surface area contributed by atoms with Gasteiger partial charge in [0.2, 0.25) is 0 Å². The van der Waals surface area contributed by atoms with Crippen LogP contribution in [0, 0.1) is 0 Å². The molecule has 1 aliphatic rings. The van der Waals surface area contributed by atoms with E-state index >= 15 is 0 Å². The first kappa shape index (κ1) is 32.6. The van der Waals surface area contributed by atoms with E-state index in [1.54, 1.807) is 44.5 Å². The minimum atomic E-state index is -1.05. The molecule has 1 amide bonds. The number of aromatic nitrogens is 4. The average molecular weight is 661 g/mol. The summed E-state index contributed by atoms with van der Waals surface area (Å²) in [6.07, 6.45) is 2.46. The highest BCUT2D eigenvalue weighted by atomic mass is 35.5. The van der Waals surface area contributed by atoms with E-state index in [1.165, 1.54) is 11.0 Å². The summed E-state index contributed by atoms with van der Waals surface area (Å²) in [7, 11) is 0. The minimum Gasteiger partial charge on any atom is -0.491 e. The van der Waals surface area contributed by atoms with E-state index in [0.29, 0.717) is 50.1 Å². The van der Waals surface area contributed by atoms with Crippen molar-refractivity contribution in [1.82, 2.24) is 24.6 Å². The lowest BCUT2D eigenvalue weighted by Crippen LogP contribution is -2.34. The Morgan fingerprint density at radius 1 is 1.20 bits per heavy atom. The maximum Gasteiger partial charge on any atom is 0.407 e. The molecule has 1 N–H and O–H groups in total. The van der Waals surface area contributed by atoms with Crippen molar-refractivity contribution in [2.75, 3.05) is 19.8 Å². The number of alkyl carbamates (subject to hydrolysis) is 1. The minimum absolute atomic E-state index is 0.150. The van der Waals surface area contributed by atoms with Crippen molar-refractivity contribution in [3.63, 3.8) is 0 Å². The predicted molar refractivity (Wildman–Crippen MR) is 170 cm³/mol. The van der Waals surface area contributed by atoms with E-state index in [1.807, 2.05) is 25.1 Å². The molecule has 3 heterocycles. The van der Waals surface area contributed by atoms with Crippen LogP contribution in [0.1, 0.15) is 57.6 Å². The number of halogens is 3. The van der Waals surface area contributed by atoms with Crippen LogP contribution in [0.25, 0.3) is 22.0 Å². The van der Waals surface area contributed by atoms with Crippen molar-refractivity contribution < 1.29 is 28.2 Å². The highest BCUT2D eigenvalue weighted by molar-refractivity contribution is 6.42. The number of carbonyl (C=O) groups is 2. The smallest absolute Gasteiger partial charge is 0.407 e. The van der Waals surface area contributed by atoms with Crippen LogP contribution >= 0.6 is 23.2 Å². The third-order valence-corrected chi connectivity index (χ3v) is 8.00. The third kappa shape index (κ3) is 7.04. The maximum absolute atomic E-state index is 14.2. The second-order valence-corrected chi connectivity index (χ2v) is 12.5. The number of imidazole rings is 1. The van der Waals surface area contributed by atoms with Gasteiger partial charge in [0.1, 0.15) is 29.6 Å². The highest BCUT2D eigenvalue weighted by Gasteiger charge is 2.35. The molecule has 0 aliphatic carbocycles. The van der Waals surface area contributed by atoms with Crippen molar-refractivity contribution in [2.24, 2.45) is 0 Å². The molecule has 1 aliphatic heterocycles. The SMILES string of the molecule is CCOC(=O)C(c1ncn2c1C[C@@H](F)C2)n1cc2c(Cl)cc(-c3ccc(OCCNC(=O)OC(C)(C)C)c(CC)c3)c(Cl)c2n1. The van der Waals surface area contributed by atoms with Gasteiger partial charge in [-0.25, -0.2) is 19.0 Å². The molecule has 0 saturated heterocycles. The zero-order valence-electron chi connectivity index (χ0n) is 25.8. The summed E-state index contributed by atoms with van der Waals surface area (Å²) in [5.74, 6) is 0.117. The average Bonchev–Trinajstić information content (AvgIpc) is 3.68. The van der Waals surface area contributed by atoms with E-state index in [4.69, 9.17) is 42.5 Å².